The summed E-state index contributed by atoms with van der Waals surface area (Å²) in [4.78, 5) is 11.1. The average molecular weight is 192 g/mol. The Morgan fingerprint density at radius 1 is 1.38 bits per heavy atom. The molecule has 0 radical (unpaired) electrons. The first-order chi connectivity index (χ1) is 5.92. The van der Waals surface area contributed by atoms with Crippen molar-refractivity contribution >= 4 is 5.78 Å². The minimum absolute atomic E-state index is 0.472. The van der Waals surface area contributed by atoms with Crippen molar-refractivity contribution in [3.05, 3.63) is 0 Å². The van der Waals surface area contributed by atoms with E-state index in [9.17, 15) is 9.90 Å². The summed E-state index contributed by atoms with van der Waals surface area (Å²) in [6, 6.07) is 0. The number of aliphatic hydroxyl groups excluding tert-OH is 4. The predicted molar refractivity (Wildman–Crippen MR) is 39.7 cm³/mol. The first kappa shape index (κ1) is 10.6. The molecule has 76 valence electrons. The zero-order chi connectivity index (χ0) is 10.2. The maximum Gasteiger partial charge on any atom is 0.197 e. The Labute approximate surface area is 74.1 Å². The molecule has 0 spiro atoms. The van der Waals surface area contributed by atoms with Crippen LogP contribution in [0.3, 0.4) is 0 Å². The highest BCUT2D eigenvalue weighted by Crippen LogP contribution is 2.25. The molecule has 0 aromatic rings. The summed E-state index contributed by atoms with van der Waals surface area (Å²) in [6.07, 6.45) is -5.33. The van der Waals surface area contributed by atoms with Gasteiger partial charge in [-0.25, -0.2) is 0 Å². The fraction of sp³-hybridized carbons (Fsp3) is 0.857. The van der Waals surface area contributed by atoms with Gasteiger partial charge in [-0.2, -0.15) is 0 Å². The third kappa shape index (κ3) is 1.59. The predicted octanol–water partition coefficient (Wildman–Crippen LogP) is -3.23. The van der Waals surface area contributed by atoms with Crippen molar-refractivity contribution in [3.8, 4) is 0 Å². The van der Waals surface area contributed by atoms with Crippen molar-refractivity contribution in [3.63, 3.8) is 0 Å². The number of hydrogen-bond donors (Lipinski definition) is 5. The lowest BCUT2D eigenvalue weighted by atomic mass is 9.79. The van der Waals surface area contributed by atoms with Crippen molar-refractivity contribution in [2.24, 2.45) is 0 Å². The van der Waals surface area contributed by atoms with Crippen LogP contribution in [0.15, 0.2) is 0 Å². The SMILES string of the molecule is O=C1C(O)C(O)C(O)CC1(O)CO. The van der Waals surface area contributed by atoms with E-state index in [2.05, 4.69) is 0 Å². The van der Waals surface area contributed by atoms with Gasteiger partial charge in [0.05, 0.1) is 12.7 Å². The van der Waals surface area contributed by atoms with Crippen LogP contribution < -0.4 is 0 Å². The van der Waals surface area contributed by atoms with E-state index in [1.54, 1.807) is 0 Å². The van der Waals surface area contributed by atoms with Crippen molar-refractivity contribution in [2.45, 2.75) is 30.3 Å². The monoisotopic (exact) mass is 192 g/mol. The van der Waals surface area contributed by atoms with Crippen LogP contribution in [0.2, 0.25) is 0 Å². The van der Waals surface area contributed by atoms with Gasteiger partial charge < -0.3 is 25.5 Å². The summed E-state index contributed by atoms with van der Waals surface area (Å²) in [5, 5.41) is 45.2. The molecule has 0 aromatic heterocycles. The summed E-state index contributed by atoms with van der Waals surface area (Å²) in [6.45, 7) is -0.882. The highest BCUT2D eigenvalue weighted by molar-refractivity contribution is 5.92. The summed E-state index contributed by atoms with van der Waals surface area (Å²) in [5.41, 5.74) is -2.14. The van der Waals surface area contributed by atoms with Crippen molar-refractivity contribution in [2.75, 3.05) is 6.61 Å². The van der Waals surface area contributed by atoms with Gasteiger partial charge in [-0.1, -0.05) is 0 Å². The number of carbonyl (C=O) groups excluding carboxylic acids is 1. The molecule has 1 rings (SSSR count). The lowest BCUT2D eigenvalue weighted by Gasteiger charge is -2.37. The Morgan fingerprint density at radius 2 is 1.92 bits per heavy atom. The third-order valence-corrected chi connectivity index (χ3v) is 2.25. The molecule has 1 aliphatic rings. The molecule has 0 amide bonds. The van der Waals surface area contributed by atoms with Crippen LogP contribution >= 0.6 is 0 Å². The fourth-order valence-electron chi connectivity index (χ4n) is 1.35. The molecule has 1 saturated carbocycles. The number of aliphatic hydroxyl groups is 5. The Kier molecular flexibility index (Phi) is 2.69. The largest absolute Gasteiger partial charge is 0.393 e. The van der Waals surface area contributed by atoms with Crippen LogP contribution in [0.1, 0.15) is 6.42 Å². The highest BCUT2D eigenvalue weighted by Gasteiger charge is 2.50. The number of ketones is 1. The Bertz CT molecular complexity index is 217. The zero-order valence-corrected chi connectivity index (χ0v) is 6.79. The summed E-state index contributed by atoms with van der Waals surface area (Å²) >= 11 is 0. The molecule has 6 heteroatoms. The van der Waals surface area contributed by atoms with Crippen molar-refractivity contribution < 1.29 is 30.3 Å². The summed E-state index contributed by atoms with van der Waals surface area (Å²) in [7, 11) is 0. The van der Waals surface area contributed by atoms with E-state index < -0.39 is 42.7 Å². The topological polar surface area (TPSA) is 118 Å². The number of carbonyl (C=O) groups is 1. The Morgan fingerprint density at radius 3 is 2.38 bits per heavy atom. The second-order valence-electron chi connectivity index (χ2n) is 3.26. The summed E-state index contributed by atoms with van der Waals surface area (Å²) in [5.74, 6) is -1.06. The molecule has 0 aliphatic heterocycles. The van der Waals surface area contributed by atoms with Gasteiger partial charge in [0.2, 0.25) is 0 Å². The fourth-order valence-corrected chi connectivity index (χ4v) is 1.35. The van der Waals surface area contributed by atoms with Gasteiger partial charge in [-0.15, -0.1) is 0 Å². The maximum absolute atomic E-state index is 11.1. The van der Waals surface area contributed by atoms with E-state index in [1.807, 2.05) is 0 Å². The normalized spacial score (nSPS) is 46.5. The molecule has 1 fully saturated rings. The highest BCUT2D eigenvalue weighted by atomic mass is 16.4. The molecular formula is C7H12O6. The van der Waals surface area contributed by atoms with Crippen LogP contribution in [0, 0.1) is 0 Å². The quantitative estimate of drug-likeness (QED) is 0.298. The minimum atomic E-state index is -2.14. The zero-order valence-electron chi connectivity index (χ0n) is 6.79. The van der Waals surface area contributed by atoms with Gasteiger partial charge in [0.1, 0.15) is 12.2 Å². The molecular weight excluding hydrogens is 180 g/mol. The van der Waals surface area contributed by atoms with Crippen LogP contribution in [-0.4, -0.2) is 61.8 Å². The van der Waals surface area contributed by atoms with Crippen molar-refractivity contribution in [1.29, 1.82) is 0 Å². The summed E-state index contributed by atoms with van der Waals surface area (Å²) < 4.78 is 0. The number of hydrogen-bond acceptors (Lipinski definition) is 6. The molecule has 1 aliphatic carbocycles. The molecule has 0 saturated heterocycles. The van der Waals surface area contributed by atoms with Gasteiger partial charge in [-0.3, -0.25) is 4.79 Å². The molecule has 0 bridgehead atoms. The van der Waals surface area contributed by atoms with E-state index in [0.717, 1.165) is 0 Å². The Hall–Kier alpha value is -0.530. The van der Waals surface area contributed by atoms with Gasteiger partial charge in [0.25, 0.3) is 0 Å². The van der Waals surface area contributed by atoms with Crippen LogP contribution in [0.25, 0.3) is 0 Å². The lowest BCUT2D eigenvalue weighted by Crippen LogP contribution is -2.61. The van der Waals surface area contributed by atoms with Crippen LogP contribution in [0.5, 0.6) is 0 Å². The maximum atomic E-state index is 11.1. The first-order valence-corrected chi connectivity index (χ1v) is 3.84. The molecule has 5 N–H and O–H groups in total. The van der Waals surface area contributed by atoms with Crippen LogP contribution in [-0.2, 0) is 4.79 Å². The lowest BCUT2D eigenvalue weighted by molar-refractivity contribution is -0.182. The number of rotatable bonds is 1. The molecule has 6 nitrogen and oxygen atoms in total. The first-order valence-electron chi connectivity index (χ1n) is 3.84. The van der Waals surface area contributed by atoms with E-state index in [4.69, 9.17) is 20.4 Å². The molecule has 4 atom stereocenters. The second kappa shape index (κ2) is 3.32. The van der Waals surface area contributed by atoms with Gasteiger partial charge in [-0.05, 0) is 0 Å². The van der Waals surface area contributed by atoms with E-state index in [0.29, 0.717) is 0 Å². The van der Waals surface area contributed by atoms with E-state index in [1.165, 1.54) is 0 Å². The molecule has 4 unspecified atom stereocenters. The average Bonchev–Trinajstić information content (AvgIpc) is 2.12. The van der Waals surface area contributed by atoms with Gasteiger partial charge in [0, 0.05) is 6.42 Å². The minimum Gasteiger partial charge on any atom is -0.393 e. The Balaban J connectivity index is 2.88. The molecule has 0 aromatic carbocycles. The smallest absolute Gasteiger partial charge is 0.197 e. The van der Waals surface area contributed by atoms with Gasteiger partial charge in [0.15, 0.2) is 11.4 Å². The van der Waals surface area contributed by atoms with Gasteiger partial charge >= 0.3 is 0 Å². The third-order valence-electron chi connectivity index (χ3n) is 2.25. The molecule has 0 heterocycles. The van der Waals surface area contributed by atoms with E-state index >= 15 is 0 Å². The van der Waals surface area contributed by atoms with E-state index in [-0.39, 0.29) is 0 Å². The van der Waals surface area contributed by atoms with Crippen molar-refractivity contribution in [1.82, 2.24) is 0 Å². The second-order valence-corrected chi connectivity index (χ2v) is 3.26. The number of Topliss-reactive ketones (excluding diaryl/α,β-unsaturated/α-hetero) is 1. The van der Waals surface area contributed by atoms with Crippen LogP contribution in [0.4, 0.5) is 0 Å². The molecule has 13 heavy (non-hydrogen) atoms. The standard InChI is InChI=1S/C7H12O6/c8-2-7(13)1-3(9)4(10)5(11)6(7)12/h3-5,8-11,13H,1-2H2.